The van der Waals surface area contributed by atoms with E-state index in [9.17, 15) is 23.1 Å². The van der Waals surface area contributed by atoms with Crippen LogP contribution in [-0.2, 0) is 11.0 Å². The quantitative estimate of drug-likeness (QED) is 0.809. The van der Waals surface area contributed by atoms with Gasteiger partial charge in [-0.1, -0.05) is 0 Å². The van der Waals surface area contributed by atoms with Crippen LogP contribution in [-0.4, -0.2) is 48.7 Å². The molecule has 2 heterocycles. The summed E-state index contributed by atoms with van der Waals surface area (Å²) in [6.07, 6.45) is -0.220. The molecule has 1 spiro atoms. The Hall–Kier alpha value is -2.27. The van der Waals surface area contributed by atoms with Gasteiger partial charge in [0.25, 0.3) is 0 Å². The molecule has 1 amide bonds. The normalized spacial score (nSPS) is 23.6. The first-order valence-electron chi connectivity index (χ1n) is 10.5. The lowest BCUT2D eigenvalue weighted by Crippen LogP contribution is -2.47. The Morgan fingerprint density at radius 1 is 1.27 bits per heavy atom. The molecule has 162 valence electrons. The molecule has 5 nitrogen and oxygen atoms in total. The summed E-state index contributed by atoms with van der Waals surface area (Å²) in [5, 5.41) is 19.0. The van der Waals surface area contributed by atoms with Gasteiger partial charge in [-0.15, -0.1) is 0 Å². The number of halogens is 3. The zero-order valence-electron chi connectivity index (χ0n) is 16.8. The third-order valence-electron chi connectivity index (χ3n) is 7.10. The van der Waals surface area contributed by atoms with Crippen molar-refractivity contribution >= 4 is 11.6 Å². The first-order chi connectivity index (χ1) is 14.3. The molecule has 0 aromatic heterocycles. The number of rotatable bonds is 4. The Labute approximate surface area is 174 Å². The smallest absolute Gasteiger partial charge is 0.396 e. The number of aliphatic hydroxyl groups is 1. The van der Waals surface area contributed by atoms with Gasteiger partial charge in [-0.2, -0.15) is 18.4 Å². The molecule has 4 rings (SSSR count). The molecule has 2 saturated heterocycles. The van der Waals surface area contributed by atoms with Crippen molar-refractivity contribution in [2.45, 2.75) is 38.3 Å². The molecule has 0 bridgehead atoms. The van der Waals surface area contributed by atoms with E-state index in [4.69, 9.17) is 5.26 Å². The maximum absolute atomic E-state index is 13.4. The zero-order valence-corrected chi connectivity index (χ0v) is 16.8. The van der Waals surface area contributed by atoms with Gasteiger partial charge in [-0.25, -0.2) is 0 Å². The van der Waals surface area contributed by atoms with Gasteiger partial charge in [0.1, 0.15) is 0 Å². The van der Waals surface area contributed by atoms with E-state index in [2.05, 4.69) is 0 Å². The molecule has 2 aliphatic heterocycles. The summed E-state index contributed by atoms with van der Waals surface area (Å²) >= 11 is 0. The monoisotopic (exact) mass is 421 g/mol. The summed E-state index contributed by atoms with van der Waals surface area (Å²) in [6, 6.07) is 5.43. The van der Waals surface area contributed by atoms with Gasteiger partial charge in [-0.3, -0.25) is 4.79 Å². The molecular formula is C22H26F3N3O2. The lowest BCUT2D eigenvalue weighted by molar-refractivity contribution is -0.137. The van der Waals surface area contributed by atoms with Crippen molar-refractivity contribution in [3.8, 4) is 6.07 Å². The number of aliphatic hydroxyl groups excluding tert-OH is 1. The SMILES string of the molecule is N#Cc1ccc(N2CC(CO)C3(CCN(C(=O)CC4CC4)CC3)C2)cc1C(F)(F)F. The van der Waals surface area contributed by atoms with Crippen molar-refractivity contribution in [1.29, 1.82) is 5.26 Å². The number of hydrogen-bond donors (Lipinski definition) is 1. The van der Waals surface area contributed by atoms with Crippen LogP contribution in [0.1, 0.15) is 43.2 Å². The van der Waals surface area contributed by atoms with Gasteiger partial charge in [0.05, 0.1) is 17.2 Å². The fourth-order valence-corrected chi connectivity index (χ4v) is 5.01. The van der Waals surface area contributed by atoms with Gasteiger partial charge in [0, 0.05) is 50.8 Å². The van der Waals surface area contributed by atoms with Crippen molar-refractivity contribution in [3.05, 3.63) is 29.3 Å². The number of nitriles is 1. The highest BCUT2D eigenvalue weighted by atomic mass is 19.4. The number of nitrogens with zero attached hydrogens (tertiary/aromatic N) is 3. The molecule has 1 aromatic rings. The standard InChI is InChI=1S/C22H26F3N3O2/c23-22(24,25)19-10-18(4-3-16(19)11-26)28-12-17(13-29)21(14-28)5-7-27(8-6-21)20(30)9-15-1-2-15/h3-4,10,15,17,29H,1-2,5-9,12-14H2. The van der Waals surface area contributed by atoms with E-state index in [0.717, 1.165) is 31.7 Å². The summed E-state index contributed by atoms with van der Waals surface area (Å²) in [5.41, 5.74) is -1.10. The molecular weight excluding hydrogens is 395 g/mol. The fraction of sp³-hybridized carbons (Fsp3) is 0.636. The van der Waals surface area contributed by atoms with Crippen molar-refractivity contribution in [2.75, 3.05) is 37.7 Å². The predicted molar refractivity (Wildman–Crippen MR) is 105 cm³/mol. The average molecular weight is 421 g/mol. The summed E-state index contributed by atoms with van der Waals surface area (Å²) in [6.45, 7) is 2.25. The second-order valence-electron chi connectivity index (χ2n) is 8.99. The highest BCUT2D eigenvalue weighted by Gasteiger charge is 2.48. The van der Waals surface area contributed by atoms with E-state index in [1.54, 1.807) is 12.1 Å². The van der Waals surface area contributed by atoms with E-state index in [1.807, 2.05) is 9.80 Å². The van der Waals surface area contributed by atoms with Gasteiger partial charge in [0.15, 0.2) is 0 Å². The van der Waals surface area contributed by atoms with Gasteiger partial charge >= 0.3 is 6.18 Å². The number of piperidine rings is 1. The van der Waals surface area contributed by atoms with Gasteiger partial charge in [0.2, 0.25) is 5.91 Å². The van der Waals surface area contributed by atoms with Gasteiger partial charge < -0.3 is 14.9 Å². The number of carbonyl (C=O) groups excluding carboxylic acids is 1. The van der Waals surface area contributed by atoms with Crippen molar-refractivity contribution in [1.82, 2.24) is 4.90 Å². The maximum Gasteiger partial charge on any atom is 0.417 e. The van der Waals surface area contributed by atoms with E-state index >= 15 is 0 Å². The highest BCUT2D eigenvalue weighted by molar-refractivity contribution is 5.76. The van der Waals surface area contributed by atoms with Crippen LogP contribution in [0.5, 0.6) is 0 Å². The Bertz CT molecular complexity index is 852. The second-order valence-corrected chi connectivity index (χ2v) is 8.99. The topological polar surface area (TPSA) is 67.6 Å². The molecule has 1 unspecified atom stereocenters. The number of alkyl halides is 3. The molecule has 3 fully saturated rings. The molecule has 8 heteroatoms. The van der Waals surface area contributed by atoms with Crippen LogP contribution in [0.2, 0.25) is 0 Å². The van der Waals surface area contributed by atoms with Crippen LogP contribution < -0.4 is 4.90 Å². The molecule has 1 aromatic carbocycles. The minimum Gasteiger partial charge on any atom is -0.396 e. The first kappa shape index (κ1) is 21.0. The number of anilines is 1. The molecule has 1 N–H and O–H groups in total. The Balaban J connectivity index is 1.49. The Morgan fingerprint density at radius 2 is 1.97 bits per heavy atom. The number of hydrogen-bond acceptors (Lipinski definition) is 4. The van der Waals surface area contributed by atoms with Crippen molar-refractivity contribution < 1.29 is 23.1 Å². The summed E-state index contributed by atoms with van der Waals surface area (Å²) in [7, 11) is 0. The van der Waals surface area contributed by atoms with Crippen LogP contribution in [0.25, 0.3) is 0 Å². The van der Waals surface area contributed by atoms with Crippen LogP contribution in [0, 0.1) is 28.6 Å². The van der Waals surface area contributed by atoms with Crippen LogP contribution >= 0.6 is 0 Å². The van der Waals surface area contributed by atoms with Crippen LogP contribution in [0.15, 0.2) is 18.2 Å². The van der Waals surface area contributed by atoms with Gasteiger partial charge in [-0.05, 0) is 55.2 Å². The predicted octanol–water partition coefficient (Wildman–Crippen LogP) is 3.41. The van der Waals surface area contributed by atoms with Crippen molar-refractivity contribution in [3.63, 3.8) is 0 Å². The second kappa shape index (κ2) is 7.77. The number of benzene rings is 1. The molecule has 0 radical (unpaired) electrons. The summed E-state index contributed by atoms with van der Waals surface area (Å²) < 4.78 is 40.1. The third-order valence-corrected chi connectivity index (χ3v) is 7.10. The van der Waals surface area contributed by atoms with Crippen LogP contribution in [0.3, 0.4) is 0 Å². The van der Waals surface area contributed by atoms with E-state index in [-0.39, 0.29) is 29.4 Å². The fourth-order valence-electron chi connectivity index (χ4n) is 5.01. The molecule has 3 aliphatic rings. The van der Waals surface area contributed by atoms with E-state index in [1.165, 1.54) is 6.07 Å². The van der Waals surface area contributed by atoms with Crippen molar-refractivity contribution in [2.24, 2.45) is 17.3 Å². The largest absolute Gasteiger partial charge is 0.417 e. The number of carbonyl (C=O) groups is 1. The number of amides is 1. The molecule has 30 heavy (non-hydrogen) atoms. The minimum atomic E-state index is -4.60. The lowest BCUT2D eigenvalue weighted by atomic mass is 9.71. The molecule has 1 atom stereocenters. The van der Waals surface area contributed by atoms with E-state index < -0.39 is 11.7 Å². The highest BCUT2D eigenvalue weighted by Crippen LogP contribution is 2.47. The third kappa shape index (κ3) is 4.00. The molecule has 1 saturated carbocycles. The Kier molecular flexibility index (Phi) is 5.43. The zero-order chi connectivity index (χ0) is 21.5. The first-order valence-corrected chi connectivity index (χ1v) is 10.5. The summed E-state index contributed by atoms with van der Waals surface area (Å²) in [5.74, 6) is 0.688. The lowest BCUT2D eigenvalue weighted by Gasteiger charge is -2.42. The number of likely N-dealkylation sites (tertiary alicyclic amines) is 1. The van der Waals surface area contributed by atoms with E-state index in [0.29, 0.717) is 44.2 Å². The van der Waals surface area contributed by atoms with Crippen LogP contribution in [0.4, 0.5) is 18.9 Å². The maximum atomic E-state index is 13.4. The Morgan fingerprint density at radius 3 is 2.53 bits per heavy atom. The summed E-state index contributed by atoms with van der Waals surface area (Å²) in [4.78, 5) is 16.2. The average Bonchev–Trinajstić information content (AvgIpc) is 3.47. The molecule has 1 aliphatic carbocycles. The minimum absolute atomic E-state index is 0.0328.